The molecule has 1 aromatic carbocycles. The van der Waals surface area contributed by atoms with Crippen LogP contribution in [0.1, 0.15) is 20.8 Å². The summed E-state index contributed by atoms with van der Waals surface area (Å²) in [4.78, 5) is 17.0. The van der Waals surface area contributed by atoms with E-state index in [0.29, 0.717) is 6.54 Å². The van der Waals surface area contributed by atoms with E-state index >= 15 is 0 Å². The maximum atomic E-state index is 12.3. The quantitative estimate of drug-likeness (QED) is 0.798. The van der Waals surface area contributed by atoms with Crippen LogP contribution in [0.25, 0.3) is 10.1 Å². The molecule has 0 fully saturated rings. The lowest BCUT2D eigenvalue weighted by molar-refractivity contribution is 0.0954. The minimum Gasteiger partial charge on any atom is -0.347 e. The highest BCUT2D eigenvalue weighted by Crippen LogP contribution is 2.30. The average Bonchev–Trinajstić information content (AvgIpc) is 2.84. The molecule has 2 heterocycles. The molecule has 0 aliphatic heterocycles. The van der Waals surface area contributed by atoms with E-state index in [9.17, 15) is 4.79 Å². The molecular weight excluding hydrogens is 268 g/mol. The molecule has 0 unspecified atom stereocenters. The van der Waals surface area contributed by atoms with Gasteiger partial charge in [-0.05, 0) is 41.6 Å². The van der Waals surface area contributed by atoms with E-state index in [1.54, 1.807) is 23.7 Å². The lowest BCUT2D eigenvalue weighted by Gasteiger charge is -2.04. The molecule has 4 heteroatoms. The summed E-state index contributed by atoms with van der Waals surface area (Å²) in [6, 6.07) is 11.9. The monoisotopic (exact) mass is 282 g/mol. The number of carbonyl (C=O) groups excluding carboxylic acids is 1. The number of nitrogens with one attached hydrogen (secondary N) is 1. The summed E-state index contributed by atoms with van der Waals surface area (Å²) in [6.45, 7) is 2.52. The van der Waals surface area contributed by atoms with Crippen LogP contribution >= 0.6 is 11.3 Å². The molecule has 3 aromatic rings. The van der Waals surface area contributed by atoms with Crippen LogP contribution in [0.2, 0.25) is 0 Å². The molecule has 3 rings (SSSR count). The van der Waals surface area contributed by atoms with Gasteiger partial charge in [0.25, 0.3) is 5.91 Å². The standard InChI is InChI=1S/C16H14N2OS/c1-11-13-4-2-3-5-14(13)20-15(11)16(19)18-10-12-6-8-17-9-7-12/h2-9H,10H2,1H3,(H,18,19). The molecule has 0 radical (unpaired) electrons. The predicted octanol–water partition coefficient (Wildman–Crippen LogP) is 3.53. The number of amides is 1. The Bertz CT molecular complexity index is 750. The number of nitrogens with zero attached hydrogens (tertiary/aromatic N) is 1. The first-order valence-electron chi connectivity index (χ1n) is 6.41. The topological polar surface area (TPSA) is 42.0 Å². The molecular formula is C16H14N2OS. The first-order chi connectivity index (χ1) is 9.75. The second-order valence-corrected chi connectivity index (χ2v) is 5.64. The zero-order valence-corrected chi connectivity index (χ0v) is 11.9. The van der Waals surface area contributed by atoms with Crippen molar-refractivity contribution in [1.82, 2.24) is 10.3 Å². The van der Waals surface area contributed by atoms with Crippen LogP contribution in [0.5, 0.6) is 0 Å². The van der Waals surface area contributed by atoms with Gasteiger partial charge in [-0.3, -0.25) is 9.78 Å². The van der Waals surface area contributed by atoms with Crippen LogP contribution in [0.3, 0.4) is 0 Å². The second kappa shape index (κ2) is 5.43. The maximum absolute atomic E-state index is 12.3. The van der Waals surface area contributed by atoms with E-state index in [1.165, 1.54) is 0 Å². The summed E-state index contributed by atoms with van der Waals surface area (Å²) in [5.41, 5.74) is 2.10. The molecule has 1 N–H and O–H groups in total. The fourth-order valence-electron chi connectivity index (χ4n) is 2.15. The van der Waals surface area contributed by atoms with Gasteiger partial charge in [0.05, 0.1) is 4.88 Å². The third kappa shape index (κ3) is 2.42. The van der Waals surface area contributed by atoms with Gasteiger partial charge >= 0.3 is 0 Å². The molecule has 0 atom stereocenters. The maximum Gasteiger partial charge on any atom is 0.261 e. The molecule has 0 spiro atoms. The predicted molar refractivity (Wildman–Crippen MR) is 82.0 cm³/mol. The minimum atomic E-state index is -0.0134. The summed E-state index contributed by atoms with van der Waals surface area (Å²) in [7, 11) is 0. The van der Waals surface area contributed by atoms with Crippen molar-refractivity contribution in [1.29, 1.82) is 0 Å². The van der Waals surface area contributed by atoms with Gasteiger partial charge in [-0.25, -0.2) is 0 Å². The summed E-state index contributed by atoms with van der Waals surface area (Å²) < 4.78 is 1.15. The second-order valence-electron chi connectivity index (χ2n) is 4.59. The zero-order chi connectivity index (χ0) is 13.9. The Balaban J connectivity index is 1.81. The number of rotatable bonds is 3. The Morgan fingerprint density at radius 1 is 1.20 bits per heavy atom. The van der Waals surface area contributed by atoms with Crippen molar-refractivity contribution in [2.45, 2.75) is 13.5 Å². The van der Waals surface area contributed by atoms with Crippen LogP contribution in [-0.4, -0.2) is 10.9 Å². The number of pyridine rings is 1. The van der Waals surface area contributed by atoms with E-state index in [-0.39, 0.29) is 5.91 Å². The SMILES string of the molecule is Cc1c(C(=O)NCc2ccncc2)sc2ccccc12. The van der Waals surface area contributed by atoms with E-state index < -0.39 is 0 Å². The molecule has 1 amide bonds. The third-order valence-corrected chi connectivity index (χ3v) is 4.52. The van der Waals surface area contributed by atoms with Crippen molar-refractivity contribution >= 4 is 27.3 Å². The van der Waals surface area contributed by atoms with Crippen LogP contribution in [0, 0.1) is 6.92 Å². The highest BCUT2D eigenvalue weighted by atomic mass is 32.1. The summed E-state index contributed by atoms with van der Waals surface area (Å²) >= 11 is 1.54. The van der Waals surface area contributed by atoms with Crippen LogP contribution in [0.4, 0.5) is 0 Å². The Morgan fingerprint density at radius 2 is 1.95 bits per heavy atom. The van der Waals surface area contributed by atoms with Gasteiger partial charge < -0.3 is 5.32 Å². The number of benzene rings is 1. The number of hydrogen-bond acceptors (Lipinski definition) is 3. The van der Waals surface area contributed by atoms with E-state index in [2.05, 4.69) is 16.4 Å². The van der Waals surface area contributed by atoms with Gasteiger partial charge in [-0.1, -0.05) is 18.2 Å². The van der Waals surface area contributed by atoms with Crippen molar-refractivity contribution in [3.63, 3.8) is 0 Å². The fourth-order valence-corrected chi connectivity index (χ4v) is 3.28. The number of aryl methyl sites for hydroxylation is 1. The molecule has 2 aromatic heterocycles. The lowest BCUT2D eigenvalue weighted by atomic mass is 10.1. The Morgan fingerprint density at radius 3 is 2.70 bits per heavy atom. The highest BCUT2D eigenvalue weighted by Gasteiger charge is 2.14. The van der Waals surface area contributed by atoms with Crippen molar-refractivity contribution < 1.29 is 4.79 Å². The fraction of sp³-hybridized carbons (Fsp3) is 0.125. The van der Waals surface area contributed by atoms with Crippen molar-refractivity contribution in [2.75, 3.05) is 0 Å². The normalized spacial score (nSPS) is 10.7. The van der Waals surface area contributed by atoms with E-state index in [1.807, 2.05) is 37.3 Å². The number of aromatic nitrogens is 1. The lowest BCUT2D eigenvalue weighted by Crippen LogP contribution is -2.22. The summed E-state index contributed by atoms with van der Waals surface area (Å²) in [5.74, 6) is -0.0134. The van der Waals surface area contributed by atoms with Crippen LogP contribution < -0.4 is 5.32 Å². The zero-order valence-electron chi connectivity index (χ0n) is 11.1. The molecule has 0 saturated heterocycles. The van der Waals surface area contributed by atoms with Gasteiger partial charge in [0.1, 0.15) is 0 Å². The first kappa shape index (κ1) is 12.8. The van der Waals surface area contributed by atoms with Crippen molar-refractivity contribution in [3.8, 4) is 0 Å². The summed E-state index contributed by atoms with van der Waals surface area (Å²) in [6.07, 6.45) is 3.46. The number of carbonyl (C=O) groups is 1. The molecule has 0 aliphatic rings. The largest absolute Gasteiger partial charge is 0.347 e. The van der Waals surface area contributed by atoms with E-state index in [4.69, 9.17) is 0 Å². The van der Waals surface area contributed by atoms with Gasteiger partial charge in [0.2, 0.25) is 0 Å². The number of thiophene rings is 1. The van der Waals surface area contributed by atoms with Crippen LogP contribution in [0.15, 0.2) is 48.8 Å². The highest BCUT2D eigenvalue weighted by molar-refractivity contribution is 7.21. The molecule has 0 bridgehead atoms. The number of hydrogen-bond donors (Lipinski definition) is 1. The van der Waals surface area contributed by atoms with Gasteiger partial charge in [-0.2, -0.15) is 0 Å². The minimum absolute atomic E-state index is 0.0134. The Kier molecular flexibility index (Phi) is 3.48. The molecule has 0 saturated carbocycles. The smallest absolute Gasteiger partial charge is 0.261 e. The Hall–Kier alpha value is -2.20. The van der Waals surface area contributed by atoms with Crippen molar-refractivity contribution in [3.05, 3.63) is 64.8 Å². The van der Waals surface area contributed by atoms with Gasteiger partial charge in [0, 0.05) is 23.6 Å². The van der Waals surface area contributed by atoms with Gasteiger partial charge in [0.15, 0.2) is 0 Å². The molecule has 3 nitrogen and oxygen atoms in total. The Labute approximate surface area is 121 Å². The summed E-state index contributed by atoms with van der Waals surface area (Å²) in [5, 5.41) is 4.12. The first-order valence-corrected chi connectivity index (χ1v) is 7.22. The van der Waals surface area contributed by atoms with Gasteiger partial charge in [-0.15, -0.1) is 11.3 Å². The molecule has 100 valence electrons. The van der Waals surface area contributed by atoms with Crippen molar-refractivity contribution in [2.24, 2.45) is 0 Å². The molecule has 0 aliphatic carbocycles. The van der Waals surface area contributed by atoms with E-state index in [0.717, 1.165) is 26.1 Å². The van der Waals surface area contributed by atoms with Crippen LogP contribution in [-0.2, 0) is 6.54 Å². The third-order valence-electron chi connectivity index (χ3n) is 3.25. The molecule has 20 heavy (non-hydrogen) atoms. The average molecular weight is 282 g/mol. The number of fused-ring (bicyclic) bond motifs is 1.